The van der Waals surface area contributed by atoms with Crippen LogP contribution in [0.5, 0.6) is 11.5 Å². The third-order valence-electron chi connectivity index (χ3n) is 4.34. The van der Waals surface area contributed by atoms with Crippen LogP contribution in [0, 0.1) is 5.92 Å². The summed E-state index contributed by atoms with van der Waals surface area (Å²) in [4.78, 5) is 6.86. The van der Waals surface area contributed by atoms with Gasteiger partial charge in [-0.3, -0.25) is 4.99 Å². The molecule has 148 valence electrons. The highest BCUT2D eigenvalue weighted by atomic mass is 127. The maximum absolute atomic E-state index is 5.63. The average molecular weight is 476 g/mol. The van der Waals surface area contributed by atoms with Gasteiger partial charge < -0.3 is 25.0 Å². The zero-order chi connectivity index (χ0) is 18.1. The number of anilines is 1. The van der Waals surface area contributed by atoms with Crippen LogP contribution < -0.4 is 20.1 Å². The number of hydrogen-bond acceptors (Lipinski definition) is 4. The molecule has 0 aromatic heterocycles. The molecule has 0 spiro atoms. The SMILES string of the molecule is CCOc1cc(NC(=NC)NCC(C)CN2CCCC2)ccc1OC.I. The fourth-order valence-electron chi connectivity index (χ4n) is 3.08. The van der Waals surface area contributed by atoms with Crippen molar-refractivity contribution in [1.82, 2.24) is 10.2 Å². The van der Waals surface area contributed by atoms with Crippen molar-refractivity contribution >= 4 is 35.6 Å². The Labute approximate surface area is 174 Å². The zero-order valence-corrected chi connectivity index (χ0v) is 18.7. The number of methoxy groups -OCH3 is 1. The number of benzene rings is 1. The first kappa shape index (κ1) is 22.8. The predicted octanol–water partition coefficient (Wildman–Crippen LogP) is 3.43. The summed E-state index contributed by atoms with van der Waals surface area (Å²) in [6.45, 7) is 9.35. The van der Waals surface area contributed by atoms with Crippen LogP contribution in [-0.2, 0) is 0 Å². The van der Waals surface area contributed by atoms with E-state index in [4.69, 9.17) is 9.47 Å². The Balaban J connectivity index is 0.00000338. The lowest BCUT2D eigenvalue weighted by molar-refractivity contribution is 0.288. The topological polar surface area (TPSA) is 58.1 Å². The van der Waals surface area contributed by atoms with Crippen molar-refractivity contribution in [3.05, 3.63) is 18.2 Å². The molecule has 2 rings (SSSR count). The Kier molecular flexibility index (Phi) is 10.7. The number of likely N-dealkylation sites (tertiary alicyclic amines) is 1. The first-order chi connectivity index (χ1) is 12.2. The summed E-state index contributed by atoms with van der Waals surface area (Å²) in [6.07, 6.45) is 2.67. The largest absolute Gasteiger partial charge is 0.493 e. The standard InChI is InChI=1S/C19H32N4O2.HI/c1-5-25-18-12-16(8-9-17(18)24-4)22-19(20-3)21-13-15(2)14-23-10-6-7-11-23;/h8-9,12,15H,5-7,10-11,13-14H2,1-4H3,(H2,20,21,22);1H. The van der Waals surface area contributed by atoms with Crippen LogP contribution in [0.25, 0.3) is 0 Å². The third kappa shape index (κ3) is 7.19. The number of ether oxygens (including phenoxy) is 2. The lowest BCUT2D eigenvalue weighted by atomic mass is 10.1. The zero-order valence-electron chi connectivity index (χ0n) is 16.4. The molecule has 0 amide bonds. The summed E-state index contributed by atoms with van der Waals surface area (Å²) >= 11 is 0. The molecule has 6 nitrogen and oxygen atoms in total. The first-order valence-corrected chi connectivity index (χ1v) is 9.17. The molecule has 1 heterocycles. The van der Waals surface area contributed by atoms with Crippen molar-refractivity contribution in [2.24, 2.45) is 10.9 Å². The molecule has 1 unspecified atom stereocenters. The number of guanidine groups is 1. The maximum atomic E-state index is 5.63. The van der Waals surface area contributed by atoms with Gasteiger partial charge in [-0.05, 0) is 50.9 Å². The van der Waals surface area contributed by atoms with Crippen LogP contribution in [0.1, 0.15) is 26.7 Å². The molecule has 7 heteroatoms. The number of hydrogen-bond donors (Lipinski definition) is 2. The summed E-state index contributed by atoms with van der Waals surface area (Å²) in [7, 11) is 3.43. The molecule has 1 fully saturated rings. The van der Waals surface area contributed by atoms with Gasteiger partial charge in [0.25, 0.3) is 0 Å². The number of nitrogens with one attached hydrogen (secondary N) is 2. The molecule has 1 aliphatic heterocycles. The Morgan fingerprint density at radius 3 is 2.62 bits per heavy atom. The highest BCUT2D eigenvalue weighted by Gasteiger charge is 2.15. The Bertz CT molecular complexity index is 562. The molecular weight excluding hydrogens is 443 g/mol. The molecule has 1 aromatic rings. The van der Waals surface area contributed by atoms with E-state index < -0.39 is 0 Å². The van der Waals surface area contributed by atoms with Gasteiger partial charge >= 0.3 is 0 Å². The Hall–Kier alpha value is -1.22. The lowest BCUT2D eigenvalue weighted by Gasteiger charge is -2.21. The van der Waals surface area contributed by atoms with Gasteiger partial charge in [0, 0.05) is 31.9 Å². The maximum Gasteiger partial charge on any atom is 0.195 e. The summed E-state index contributed by atoms with van der Waals surface area (Å²) in [5.41, 5.74) is 0.921. The highest BCUT2D eigenvalue weighted by molar-refractivity contribution is 14.0. The van der Waals surface area contributed by atoms with Crippen LogP contribution >= 0.6 is 24.0 Å². The minimum Gasteiger partial charge on any atom is -0.493 e. The molecule has 1 aliphatic rings. The van der Waals surface area contributed by atoms with E-state index in [1.54, 1.807) is 14.2 Å². The normalized spacial score (nSPS) is 15.9. The number of nitrogens with zero attached hydrogens (tertiary/aromatic N) is 2. The van der Waals surface area contributed by atoms with Crippen molar-refractivity contribution in [1.29, 1.82) is 0 Å². The van der Waals surface area contributed by atoms with Crippen molar-refractivity contribution in [3.8, 4) is 11.5 Å². The van der Waals surface area contributed by atoms with Gasteiger partial charge in [0.2, 0.25) is 0 Å². The van der Waals surface area contributed by atoms with Gasteiger partial charge in [-0.25, -0.2) is 0 Å². The molecule has 1 atom stereocenters. The Morgan fingerprint density at radius 1 is 1.27 bits per heavy atom. The lowest BCUT2D eigenvalue weighted by Crippen LogP contribution is -2.37. The molecule has 2 N–H and O–H groups in total. The minimum atomic E-state index is 0. The quantitative estimate of drug-likeness (QED) is 0.342. The second-order valence-corrected chi connectivity index (χ2v) is 6.49. The van der Waals surface area contributed by atoms with Crippen LogP contribution in [0.15, 0.2) is 23.2 Å². The van der Waals surface area contributed by atoms with Gasteiger partial charge in [-0.15, -0.1) is 24.0 Å². The predicted molar refractivity (Wildman–Crippen MR) is 119 cm³/mol. The van der Waals surface area contributed by atoms with Crippen LogP contribution in [-0.4, -0.2) is 57.8 Å². The van der Waals surface area contributed by atoms with Crippen LogP contribution in [0.3, 0.4) is 0 Å². The van der Waals surface area contributed by atoms with Gasteiger partial charge in [-0.1, -0.05) is 6.92 Å². The molecule has 0 bridgehead atoms. The first-order valence-electron chi connectivity index (χ1n) is 9.17. The number of aliphatic imine (C=N–C) groups is 1. The third-order valence-corrected chi connectivity index (χ3v) is 4.34. The van der Waals surface area contributed by atoms with E-state index in [0.29, 0.717) is 12.5 Å². The van der Waals surface area contributed by atoms with E-state index in [9.17, 15) is 0 Å². The summed E-state index contributed by atoms with van der Waals surface area (Å²) in [5.74, 6) is 2.80. The molecule has 0 aliphatic carbocycles. The van der Waals surface area contributed by atoms with Gasteiger partial charge in [0.1, 0.15) is 0 Å². The van der Waals surface area contributed by atoms with E-state index in [1.165, 1.54) is 25.9 Å². The van der Waals surface area contributed by atoms with Crippen molar-refractivity contribution in [3.63, 3.8) is 0 Å². The van der Waals surface area contributed by atoms with Crippen LogP contribution in [0.2, 0.25) is 0 Å². The van der Waals surface area contributed by atoms with E-state index in [-0.39, 0.29) is 24.0 Å². The van der Waals surface area contributed by atoms with Crippen molar-refractivity contribution in [2.75, 3.05) is 52.3 Å². The fraction of sp³-hybridized carbons (Fsp3) is 0.632. The summed E-state index contributed by atoms with van der Waals surface area (Å²) in [5, 5.41) is 6.73. The van der Waals surface area contributed by atoms with Crippen molar-refractivity contribution in [2.45, 2.75) is 26.7 Å². The fourth-order valence-corrected chi connectivity index (χ4v) is 3.08. The van der Waals surface area contributed by atoms with E-state index in [2.05, 4.69) is 27.4 Å². The molecular formula is C19H33IN4O2. The summed E-state index contributed by atoms with van der Waals surface area (Å²) in [6, 6.07) is 5.79. The van der Waals surface area contributed by atoms with Gasteiger partial charge in [0.05, 0.1) is 13.7 Å². The van der Waals surface area contributed by atoms with Gasteiger partial charge in [-0.2, -0.15) is 0 Å². The van der Waals surface area contributed by atoms with Crippen LogP contribution in [0.4, 0.5) is 5.69 Å². The molecule has 1 aromatic carbocycles. The second kappa shape index (κ2) is 12.2. The molecule has 1 saturated heterocycles. The molecule has 0 radical (unpaired) electrons. The van der Waals surface area contributed by atoms with E-state index in [1.807, 2.05) is 25.1 Å². The molecule has 26 heavy (non-hydrogen) atoms. The highest BCUT2D eigenvalue weighted by Crippen LogP contribution is 2.30. The second-order valence-electron chi connectivity index (χ2n) is 6.49. The number of halogens is 1. The van der Waals surface area contributed by atoms with Crippen molar-refractivity contribution < 1.29 is 9.47 Å². The van der Waals surface area contributed by atoms with E-state index >= 15 is 0 Å². The summed E-state index contributed by atoms with van der Waals surface area (Å²) < 4.78 is 10.9. The van der Waals surface area contributed by atoms with E-state index in [0.717, 1.165) is 36.2 Å². The van der Waals surface area contributed by atoms with Gasteiger partial charge in [0.15, 0.2) is 17.5 Å². The molecule has 0 saturated carbocycles. The minimum absolute atomic E-state index is 0. The Morgan fingerprint density at radius 2 is 2.00 bits per heavy atom. The monoisotopic (exact) mass is 476 g/mol. The average Bonchev–Trinajstić information content (AvgIpc) is 3.12. The smallest absolute Gasteiger partial charge is 0.195 e. The number of rotatable bonds is 8.